The van der Waals surface area contributed by atoms with Crippen molar-refractivity contribution < 1.29 is 17.7 Å². The van der Waals surface area contributed by atoms with Crippen LogP contribution in [0.1, 0.15) is 41.1 Å². The van der Waals surface area contributed by atoms with Crippen LogP contribution in [0.15, 0.2) is 21.6 Å². The van der Waals surface area contributed by atoms with Gasteiger partial charge in [-0.05, 0) is 40.7 Å². The standard InChI is InChI=1S/C14H19N3O4S2/c1-8-6-12(16-21-8)15-13(18)10-7-11(9(2)22-10)23(19,20)17-14(3,4)5/h6-7,17H,1-5H3,(H,15,16,18). The van der Waals surface area contributed by atoms with Gasteiger partial charge in [-0.1, -0.05) is 5.16 Å². The monoisotopic (exact) mass is 357 g/mol. The third-order valence-corrected chi connectivity index (χ3v) is 5.76. The molecule has 0 aliphatic carbocycles. The molecule has 0 aromatic carbocycles. The van der Waals surface area contributed by atoms with Crippen molar-refractivity contribution in [3.8, 4) is 0 Å². The van der Waals surface area contributed by atoms with Crippen LogP contribution in [0, 0.1) is 13.8 Å². The Hall–Kier alpha value is -1.71. The Labute approximate surface area is 139 Å². The second-order valence-electron chi connectivity index (χ2n) is 6.16. The molecule has 0 saturated carbocycles. The summed E-state index contributed by atoms with van der Waals surface area (Å²) in [6, 6.07) is 2.95. The lowest BCUT2D eigenvalue weighted by atomic mass is 10.1. The van der Waals surface area contributed by atoms with Crippen molar-refractivity contribution in [3.05, 3.63) is 27.6 Å². The molecule has 2 heterocycles. The summed E-state index contributed by atoms with van der Waals surface area (Å²) in [4.78, 5) is 13.1. The van der Waals surface area contributed by atoms with E-state index in [4.69, 9.17) is 4.52 Å². The van der Waals surface area contributed by atoms with Crippen LogP contribution in [0.3, 0.4) is 0 Å². The van der Waals surface area contributed by atoms with E-state index in [1.165, 1.54) is 6.07 Å². The predicted molar refractivity (Wildman–Crippen MR) is 88.3 cm³/mol. The lowest BCUT2D eigenvalue weighted by Crippen LogP contribution is -2.40. The van der Waals surface area contributed by atoms with E-state index in [1.54, 1.807) is 40.7 Å². The molecule has 0 aliphatic heterocycles. The average Bonchev–Trinajstić information content (AvgIpc) is 2.93. The van der Waals surface area contributed by atoms with Crippen molar-refractivity contribution in [2.45, 2.75) is 45.1 Å². The summed E-state index contributed by atoms with van der Waals surface area (Å²) in [5, 5.41) is 6.25. The van der Waals surface area contributed by atoms with Gasteiger partial charge in [0.05, 0.1) is 9.77 Å². The fourth-order valence-electron chi connectivity index (χ4n) is 1.91. The molecule has 2 aromatic heterocycles. The molecule has 7 nitrogen and oxygen atoms in total. The zero-order chi connectivity index (χ0) is 17.4. The highest BCUT2D eigenvalue weighted by atomic mass is 32.2. The van der Waals surface area contributed by atoms with Crippen molar-refractivity contribution >= 4 is 33.1 Å². The Balaban J connectivity index is 2.25. The number of aromatic nitrogens is 1. The summed E-state index contributed by atoms with van der Waals surface area (Å²) >= 11 is 1.11. The van der Waals surface area contributed by atoms with Crippen molar-refractivity contribution in [2.24, 2.45) is 0 Å². The fourth-order valence-corrected chi connectivity index (χ4v) is 4.81. The maximum absolute atomic E-state index is 12.4. The number of carbonyl (C=O) groups is 1. The van der Waals surface area contributed by atoms with E-state index >= 15 is 0 Å². The Morgan fingerprint density at radius 2 is 1.91 bits per heavy atom. The number of rotatable bonds is 4. The molecule has 0 atom stereocenters. The summed E-state index contributed by atoms with van der Waals surface area (Å²) < 4.78 is 32.3. The molecular weight excluding hydrogens is 338 g/mol. The maximum Gasteiger partial charge on any atom is 0.267 e. The number of sulfonamides is 1. The van der Waals surface area contributed by atoms with Gasteiger partial charge >= 0.3 is 0 Å². The van der Waals surface area contributed by atoms with Gasteiger partial charge in [0.2, 0.25) is 10.0 Å². The molecule has 126 valence electrons. The minimum atomic E-state index is -3.68. The summed E-state index contributed by atoms with van der Waals surface area (Å²) in [6.07, 6.45) is 0. The van der Waals surface area contributed by atoms with Gasteiger partial charge in [0.15, 0.2) is 5.82 Å². The predicted octanol–water partition coefficient (Wildman–Crippen LogP) is 2.68. The van der Waals surface area contributed by atoms with Crippen molar-refractivity contribution in [2.75, 3.05) is 5.32 Å². The van der Waals surface area contributed by atoms with E-state index in [0.717, 1.165) is 11.3 Å². The van der Waals surface area contributed by atoms with Gasteiger partial charge in [0.1, 0.15) is 5.76 Å². The van der Waals surface area contributed by atoms with Crippen LogP contribution in [0.5, 0.6) is 0 Å². The maximum atomic E-state index is 12.4. The third kappa shape index (κ3) is 4.40. The highest BCUT2D eigenvalue weighted by Gasteiger charge is 2.26. The van der Waals surface area contributed by atoms with Crippen LogP contribution in [-0.2, 0) is 10.0 Å². The van der Waals surface area contributed by atoms with Crippen LogP contribution < -0.4 is 10.0 Å². The van der Waals surface area contributed by atoms with Gasteiger partial charge < -0.3 is 9.84 Å². The highest BCUT2D eigenvalue weighted by molar-refractivity contribution is 7.89. The molecule has 2 aromatic rings. The van der Waals surface area contributed by atoms with Crippen molar-refractivity contribution in [1.82, 2.24) is 9.88 Å². The van der Waals surface area contributed by atoms with Crippen LogP contribution in [0.25, 0.3) is 0 Å². The first-order valence-corrected chi connectivity index (χ1v) is 9.17. The van der Waals surface area contributed by atoms with E-state index in [2.05, 4.69) is 15.2 Å². The van der Waals surface area contributed by atoms with E-state index in [0.29, 0.717) is 10.6 Å². The van der Waals surface area contributed by atoms with Gasteiger partial charge in [-0.15, -0.1) is 11.3 Å². The zero-order valence-electron chi connectivity index (χ0n) is 13.6. The van der Waals surface area contributed by atoms with Crippen LogP contribution in [0.4, 0.5) is 5.82 Å². The SMILES string of the molecule is Cc1cc(NC(=O)c2cc(S(=O)(=O)NC(C)(C)C)c(C)s2)no1. The van der Waals surface area contributed by atoms with Crippen molar-refractivity contribution in [3.63, 3.8) is 0 Å². The normalized spacial score (nSPS) is 12.4. The number of carbonyl (C=O) groups excluding carboxylic acids is 1. The summed E-state index contributed by atoms with van der Waals surface area (Å²) in [6.45, 7) is 8.64. The third-order valence-electron chi connectivity index (χ3n) is 2.70. The minimum absolute atomic E-state index is 0.110. The molecular formula is C14H19N3O4S2. The molecule has 23 heavy (non-hydrogen) atoms. The first-order chi connectivity index (χ1) is 10.5. The minimum Gasteiger partial charge on any atom is -0.360 e. The quantitative estimate of drug-likeness (QED) is 0.876. The number of amides is 1. The first-order valence-electron chi connectivity index (χ1n) is 6.87. The molecule has 0 fully saturated rings. The lowest BCUT2D eigenvalue weighted by Gasteiger charge is -2.20. The number of aryl methyl sites for hydroxylation is 2. The molecule has 0 unspecified atom stereocenters. The van der Waals surface area contributed by atoms with E-state index in [9.17, 15) is 13.2 Å². The number of nitrogens with zero attached hydrogens (tertiary/aromatic N) is 1. The smallest absolute Gasteiger partial charge is 0.267 e. The van der Waals surface area contributed by atoms with Crippen molar-refractivity contribution in [1.29, 1.82) is 0 Å². The highest BCUT2D eigenvalue weighted by Crippen LogP contribution is 2.27. The second-order valence-corrected chi connectivity index (χ2v) is 9.07. The molecule has 0 radical (unpaired) electrons. The molecule has 0 spiro atoms. The van der Waals surface area contributed by atoms with Gasteiger partial charge in [0, 0.05) is 16.5 Å². The molecule has 0 saturated heterocycles. The van der Waals surface area contributed by atoms with Gasteiger partial charge in [-0.25, -0.2) is 13.1 Å². The first kappa shape index (κ1) is 17.6. The van der Waals surface area contributed by atoms with E-state index in [1.807, 2.05) is 0 Å². The molecule has 1 amide bonds. The van der Waals surface area contributed by atoms with Crippen LogP contribution in [-0.4, -0.2) is 25.0 Å². The van der Waals surface area contributed by atoms with Gasteiger partial charge in [0.25, 0.3) is 5.91 Å². The van der Waals surface area contributed by atoms with Crippen LogP contribution in [0.2, 0.25) is 0 Å². The Kier molecular flexibility index (Phi) is 4.65. The number of thiophene rings is 1. The zero-order valence-corrected chi connectivity index (χ0v) is 15.2. The lowest BCUT2D eigenvalue weighted by molar-refractivity contribution is 0.102. The molecule has 2 N–H and O–H groups in total. The topological polar surface area (TPSA) is 101 Å². The van der Waals surface area contributed by atoms with Gasteiger partial charge in [-0.2, -0.15) is 0 Å². The Bertz CT molecular complexity index is 829. The number of nitrogens with one attached hydrogen (secondary N) is 2. The summed E-state index contributed by atoms with van der Waals surface area (Å²) in [5.41, 5.74) is -0.603. The molecule has 0 bridgehead atoms. The van der Waals surface area contributed by atoms with Crippen LogP contribution >= 0.6 is 11.3 Å². The van der Waals surface area contributed by atoms with E-state index < -0.39 is 21.5 Å². The largest absolute Gasteiger partial charge is 0.360 e. The Morgan fingerprint density at radius 3 is 2.43 bits per heavy atom. The fraction of sp³-hybridized carbons (Fsp3) is 0.429. The van der Waals surface area contributed by atoms with E-state index in [-0.39, 0.29) is 15.6 Å². The number of hydrogen-bond acceptors (Lipinski definition) is 6. The molecule has 2 rings (SSSR count). The molecule has 9 heteroatoms. The summed E-state index contributed by atoms with van der Waals surface area (Å²) in [7, 11) is -3.68. The average molecular weight is 357 g/mol. The summed E-state index contributed by atoms with van der Waals surface area (Å²) in [5.74, 6) is 0.430. The van der Waals surface area contributed by atoms with Gasteiger partial charge in [-0.3, -0.25) is 4.79 Å². The number of hydrogen-bond donors (Lipinski definition) is 2. The Morgan fingerprint density at radius 1 is 1.26 bits per heavy atom. The molecule has 0 aliphatic rings. The number of anilines is 1. The second kappa shape index (κ2) is 6.06.